The van der Waals surface area contributed by atoms with Crippen molar-refractivity contribution in [3.8, 4) is 0 Å². The molecular formula is C12H10BrFN2O. The van der Waals surface area contributed by atoms with Gasteiger partial charge in [-0.2, -0.15) is 5.10 Å². The lowest BCUT2D eigenvalue weighted by Gasteiger charge is -2.03. The van der Waals surface area contributed by atoms with E-state index in [-0.39, 0.29) is 15.8 Å². The van der Waals surface area contributed by atoms with Crippen molar-refractivity contribution in [2.24, 2.45) is 7.05 Å². The monoisotopic (exact) mass is 296 g/mol. The molecule has 0 amide bonds. The average Bonchev–Trinajstić information content (AvgIpc) is 2.63. The first-order chi connectivity index (χ1) is 8.02. The molecule has 0 saturated heterocycles. The smallest absolute Gasteiger partial charge is 0.199 e. The number of carbonyl (C=O) groups is 1. The molecule has 0 unspecified atom stereocenters. The summed E-state index contributed by atoms with van der Waals surface area (Å²) in [6.45, 7) is 1.77. The summed E-state index contributed by atoms with van der Waals surface area (Å²) < 4.78 is 15.7. The molecule has 3 nitrogen and oxygen atoms in total. The van der Waals surface area contributed by atoms with Crippen molar-refractivity contribution >= 4 is 21.7 Å². The normalized spacial score (nSPS) is 10.6. The van der Waals surface area contributed by atoms with Crippen LogP contribution in [0, 0.1) is 12.7 Å². The molecule has 17 heavy (non-hydrogen) atoms. The van der Waals surface area contributed by atoms with Gasteiger partial charge in [0.2, 0.25) is 0 Å². The van der Waals surface area contributed by atoms with Crippen LogP contribution in [0.15, 0.2) is 28.9 Å². The van der Waals surface area contributed by atoms with Crippen LogP contribution in [0.25, 0.3) is 0 Å². The van der Waals surface area contributed by atoms with Gasteiger partial charge in [-0.15, -0.1) is 0 Å². The van der Waals surface area contributed by atoms with Gasteiger partial charge in [-0.25, -0.2) is 4.39 Å². The number of hydrogen-bond acceptors (Lipinski definition) is 2. The number of rotatable bonds is 2. The lowest BCUT2D eigenvalue weighted by molar-refractivity contribution is 0.103. The van der Waals surface area contributed by atoms with Crippen molar-refractivity contribution in [2.75, 3.05) is 0 Å². The summed E-state index contributed by atoms with van der Waals surface area (Å²) in [5.74, 6) is -0.893. The van der Waals surface area contributed by atoms with Crippen LogP contribution in [-0.4, -0.2) is 15.6 Å². The Bertz CT molecular complexity index is 592. The van der Waals surface area contributed by atoms with Gasteiger partial charge in [-0.05, 0) is 35.0 Å². The highest BCUT2D eigenvalue weighted by Gasteiger charge is 2.19. The largest absolute Gasteiger partial charge is 0.288 e. The van der Waals surface area contributed by atoms with Crippen molar-refractivity contribution < 1.29 is 9.18 Å². The predicted molar refractivity (Wildman–Crippen MR) is 65.5 cm³/mol. The highest BCUT2D eigenvalue weighted by atomic mass is 79.9. The first kappa shape index (κ1) is 12.0. The van der Waals surface area contributed by atoms with Crippen LogP contribution in [0.5, 0.6) is 0 Å². The van der Waals surface area contributed by atoms with E-state index in [0.717, 1.165) is 5.69 Å². The van der Waals surface area contributed by atoms with Crippen LogP contribution < -0.4 is 0 Å². The van der Waals surface area contributed by atoms with E-state index in [9.17, 15) is 9.18 Å². The molecule has 0 N–H and O–H groups in total. The third-order valence-electron chi connectivity index (χ3n) is 2.68. The summed E-state index contributed by atoms with van der Waals surface area (Å²) in [5.41, 5.74) is 1.19. The number of aromatic nitrogens is 2. The molecule has 0 bridgehead atoms. The molecule has 2 rings (SSSR count). The molecule has 1 aromatic carbocycles. The van der Waals surface area contributed by atoms with E-state index < -0.39 is 5.82 Å². The minimum Gasteiger partial charge on any atom is -0.288 e. The number of ketones is 1. The van der Waals surface area contributed by atoms with Gasteiger partial charge < -0.3 is 0 Å². The molecule has 88 valence electrons. The molecule has 0 atom stereocenters. The second-order valence-electron chi connectivity index (χ2n) is 3.70. The van der Waals surface area contributed by atoms with E-state index in [0.29, 0.717) is 5.56 Å². The summed E-state index contributed by atoms with van der Waals surface area (Å²) in [7, 11) is 1.74. The molecule has 1 heterocycles. The molecule has 0 aliphatic carbocycles. The first-order valence-electron chi connectivity index (χ1n) is 4.99. The minimum atomic E-state index is -0.541. The number of nitrogens with zero attached hydrogens (tertiary/aromatic N) is 2. The molecule has 0 saturated carbocycles. The van der Waals surface area contributed by atoms with Gasteiger partial charge >= 0.3 is 0 Å². The summed E-state index contributed by atoms with van der Waals surface area (Å²) >= 11 is 3.06. The number of aryl methyl sites for hydroxylation is 1. The maximum atomic E-state index is 13.8. The number of hydrogen-bond donors (Lipinski definition) is 0. The maximum Gasteiger partial charge on any atom is 0.199 e. The summed E-state index contributed by atoms with van der Waals surface area (Å²) in [5, 5.41) is 3.98. The first-order valence-corrected chi connectivity index (χ1v) is 5.79. The SMILES string of the molecule is Cc1c(C(=O)c2cccc(Br)c2F)cnn1C. The quantitative estimate of drug-likeness (QED) is 0.799. The fourth-order valence-corrected chi connectivity index (χ4v) is 1.91. The molecule has 1 aromatic heterocycles. The molecule has 0 aliphatic rings. The third kappa shape index (κ3) is 2.02. The van der Waals surface area contributed by atoms with Gasteiger partial charge in [0.05, 0.1) is 21.8 Å². The topological polar surface area (TPSA) is 34.9 Å². The van der Waals surface area contributed by atoms with Crippen LogP contribution in [0.2, 0.25) is 0 Å². The molecule has 5 heteroatoms. The third-order valence-corrected chi connectivity index (χ3v) is 3.29. The lowest BCUT2D eigenvalue weighted by Crippen LogP contribution is -2.06. The maximum absolute atomic E-state index is 13.8. The summed E-state index contributed by atoms with van der Waals surface area (Å²) in [6, 6.07) is 4.66. The Kier molecular flexibility index (Phi) is 3.11. The zero-order valence-corrected chi connectivity index (χ0v) is 11.0. The van der Waals surface area contributed by atoms with E-state index in [4.69, 9.17) is 0 Å². The Hall–Kier alpha value is -1.49. The van der Waals surface area contributed by atoms with Gasteiger partial charge in [0, 0.05) is 12.7 Å². The van der Waals surface area contributed by atoms with Gasteiger partial charge in [0.15, 0.2) is 5.78 Å². The Morgan fingerprint density at radius 1 is 1.41 bits per heavy atom. The van der Waals surface area contributed by atoms with Crippen molar-refractivity contribution in [3.05, 3.63) is 51.5 Å². The van der Waals surface area contributed by atoms with E-state index >= 15 is 0 Å². The second kappa shape index (κ2) is 4.41. The summed E-state index contributed by atoms with van der Waals surface area (Å²) in [4.78, 5) is 12.1. The van der Waals surface area contributed by atoms with Crippen LogP contribution in [0.1, 0.15) is 21.6 Å². The Morgan fingerprint density at radius 3 is 2.71 bits per heavy atom. The van der Waals surface area contributed by atoms with E-state index in [2.05, 4.69) is 21.0 Å². The molecule has 0 aliphatic heterocycles. The predicted octanol–water partition coefficient (Wildman–Crippen LogP) is 2.86. The minimum absolute atomic E-state index is 0.0514. The molecular weight excluding hydrogens is 287 g/mol. The fraction of sp³-hybridized carbons (Fsp3) is 0.167. The van der Waals surface area contributed by atoms with E-state index in [1.165, 1.54) is 12.3 Å². The van der Waals surface area contributed by atoms with Crippen molar-refractivity contribution in [1.29, 1.82) is 0 Å². The summed E-state index contributed by atoms with van der Waals surface area (Å²) in [6.07, 6.45) is 1.46. The fourth-order valence-electron chi connectivity index (χ4n) is 1.55. The van der Waals surface area contributed by atoms with Crippen molar-refractivity contribution in [1.82, 2.24) is 9.78 Å². The van der Waals surface area contributed by atoms with Crippen LogP contribution in [0.3, 0.4) is 0 Å². The molecule has 0 fully saturated rings. The van der Waals surface area contributed by atoms with Gasteiger partial charge in [0.25, 0.3) is 0 Å². The van der Waals surface area contributed by atoms with Gasteiger partial charge in [0.1, 0.15) is 5.82 Å². The Morgan fingerprint density at radius 2 is 2.12 bits per heavy atom. The van der Waals surface area contributed by atoms with E-state index in [1.807, 2.05) is 0 Å². The zero-order chi connectivity index (χ0) is 12.6. The van der Waals surface area contributed by atoms with E-state index in [1.54, 1.807) is 30.8 Å². The Labute approximate surface area is 106 Å². The van der Waals surface area contributed by atoms with Crippen molar-refractivity contribution in [3.63, 3.8) is 0 Å². The Balaban J connectivity index is 2.51. The van der Waals surface area contributed by atoms with Crippen molar-refractivity contribution in [2.45, 2.75) is 6.92 Å². The number of halogens is 2. The number of carbonyl (C=O) groups excluding carboxylic acids is 1. The average molecular weight is 297 g/mol. The second-order valence-corrected chi connectivity index (χ2v) is 4.55. The lowest BCUT2D eigenvalue weighted by atomic mass is 10.0. The zero-order valence-electron chi connectivity index (χ0n) is 9.37. The van der Waals surface area contributed by atoms with Crippen LogP contribution in [-0.2, 0) is 7.05 Å². The number of benzene rings is 1. The molecule has 0 spiro atoms. The molecule has 0 radical (unpaired) electrons. The van der Waals surface area contributed by atoms with Crippen LogP contribution in [0.4, 0.5) is 4.39 Å². The highest BCUT2D eigenvalue weighted by molar-refractivity contribution is 9.10. The van der Waals surface area contributed by atoms with Gasteiger partial charge in [-0.1, -0.05) is 6.07 Å². The highest BCUT2D eigenvalue weighted by Crippen LogP contribution is 2.22. The van der Waals surface area contributed by atoms with Crippen LogP contribution >= 0.6 is 15.9 Å². The molecule has 2 aromatic rings. The van der Waals surface area contributed by atoms with Gasteiger partial charge in [-0.3, -0.25) is 9.48 Å². The standard InChI is InChI=1S/C12H10BrFN2O/c1-7-9(6-15-16(7)2)12(17)8-4-3-5-10(13)11(8)14/h3-6H,1-2H3.